The van der Waals surface area contributed by atoms with Crippen molar-refractivity contribution < 1.29 is 4.74 Å². The molecule has 0 unspecified atom stereocenters. The maximum absolute atomic E-state index is 5.72. The van der Waals surface area contributed by atoms with Crippen LogP contribution >= 0.6 is 11.6 Å². The molecule has 0 amide bonds. The Kier molecular flexibility index (Phi) is 4.18. The van der Waals surface area contributed by atoms with E-state index < -0.39 is 0 Å². The Bertz CT molecular complexity index is 433. The van der Waals surface area contributed by atoms with Gasteiger partial charge in [0.05, 0.1) is 12.7 Å². The molecule has 4 nitrogen and oxygen atoms in total. The van der Waals surface area contributed by atoms with Gasteiger partial charge in [-0.05, 0) is 32.1 Å². The molecule has 0 aromatic carbocycles. The van der Waals surface area contributed by atoms with Crippen LogP contribution < -0.4 is 4.90 Å². The van der Waals surface area contributed by atoms with Crippen LogP contribution in [0.2, 0.25) is 0 Å². The molecule has 0 spiro atoms. The van der Waals surface area contributed by atoms with Crippen molar-refractivity contribution in [3.8, 4) is 0 Å². The lowest BCUT2D eigenvalue weighted by atomic mass is 10.1. The molecule has 19 heavy (non-hydrogen) atoms. The number of hydrogen-bond donors (Lipinski definition) is 0. The van der Waals surface area contributed by atoms with E-state index in [1.54, 1.807) is 6.33 Å². The van der Waals surface area contributed by atoms with E-state index in [9.17, 15) is 0 Å². The molecule has 0 bridgehead atoms. The van der Waals surface area contributed by atoms with Crippen LogP contribution in [0.1, 0.15) is 30.5 Å². The van der Waals surface area contributed by atoms with Gasteiger partial charge in [-0.15, -0.1) is 11.6 Å². The highest BCUT2D eigenvalue weighted by Crippen LogP contribution is 2.29. The summed E-state index contributed by atoms with van der Waals surface area (Å²) in [7, 11) is 0. The van der Waals surface area contributed by atoms with Crippen molar-refractivity contribution in [2.45, 2.75) is 38.2 Å². The number of nitrogens with zero attached hydrogens (tertiary/aromatic N) is 3. The van der Waals surface area contributed by atoms with Crippen molar-refractivity contribution in [1.82, 2.24) is 9.97 Å². The van der Waals surface area contributed by atoms with E-state index in [2.05, 4.69) is 14.9 Å². The lowest BCUT2D eigenvalue weighted by Gasteiger charge is -2.33. The normalized spacial score (nSPS) is 19.7. The average Bonchev–Trinajstić information content (AvgIpc) is 2.94. The minimum Gasteiger partial charge on any atom is -0.377 e. The van der Waals surface area contributed by atoms with Crippen molar-refractivity contribution in [1.29, 1.82) is 0 Å². The Morgan fingerprint density at radius 1 is 1.26 bits per heavy atom. The van der Waals surface area contributed by atoms with Crippen molar-refractivity contribution in [2.24, 2.45) is 0 Å². The van der Waals surface area contributed by atoms with Gasteiger partial charge in [0.1, 0.15) is 12.1 Å². The molecule has 3 rings (SSSR count). The zero-order valence-electron chi connectivity index (χ0n) is 11.1. The zero-order chi connectivity index (χ0) is 13.1. The number of hydrogen-bond acceptors (Lipinski definition) is 4. The highest BCUT2D eigenvalue weighted by molar-refractivity contribution is 6.17. The quantitative estimate of drug-likeness (QED) is 0.793. The van der Waals surface area contributed by atoms with Gasteiger partial charge in [-0.2, -0.15) is 0 Å². The molecule has 2 aliphatic rings. The first-order valence-electron chi connectivity index (χ1n) is 7.13. The third kappa shape index (κ3) is 2.84. The summed E-state index contributed by atoms with van der Waals surface area (Å²) in [5, 5.41) is 0. The first-order chi connectivity index (χ1) is 9.38. The largest absolute Gasteiger partial charge is 0.377 e. The highest BCUT2D eigenvalue weighted by Gasteiger charge is 2.25. The molecule has 2 heterocycles. The van der Waals surface area contributed by atoms with Crippen molar-refractivity contribution in [3.05, 3.63) is 17.6 Å². The Hall–Kier alpha value is -0.870. The van der Waals surface area contributed by atoms with Crippen molar-refractivity contribution >= 4 is 17.4 Å². The van der Waals surface area contributed by atoms with Gasteiger partial charge < -0.3 is 9.64 Å². The van der Waals surface area contributed by atoms with Crippen molar-refractivity contribution in [3.63, 3.8) is 0 Å². The third-order valence-corrected chi connectivity index (χ3v) is 4.18. The Morgan fingerprint density at radius 3 is 2.89 bits per heavy atom. The SMILES string of the molecule is ClCCOC1CCN(c2ncnc3c2CCC3)CC1. The first kappa shape index (κ1) is 13.1. The number of alkyl halides is 1. The topological polar surface area (TPSA) is 38.2 Å². The fraction of sp³-hybridized carbons (Fsp3) is 0.714. The second kappa shape index (κ2) is 6.06. The summed E-state index contributed by atoms with van der Waals surface area (Å²) < 4.78 is 5.72. The molecule has 1 fully saturated rings. The first-order valence-corrected chi connectivity index (χ1v) is 7.67. The minimum absolute atomic E-state index is 0.366. The van der Waals surface area contributed by atoms with Crippen LogP contribution in [0.5, 0.6) is 0 Å². The van der Waals surface area contributed by atoms with E-state index in [0.717, 1.165) is 38.8 Å². The second-order valence-corrected chi connectivity index (χ2v) is 5.60. The second-order valence-electron chi connectivity index (χ2n) is 5.22. The number of fused-ring (bicyclic) bond motifs is 1. The molecule has 0 radical (unpaired) electrons. The molecule has 0 N–H and O–H groups in total. The lowest BCUT2D eigenvalue weighted by molar-refractivity contribution is 0.0470. The standard InChI is InChI=1S/C14H20ClN3O/c15-6-9-19-11-4-7-18(8-5-11)14-12-2-1-3-13(12)16-10-17-14/h10-11H,1-9H2. The van der Waals surface area contributed by atoms with Crippen LogP contribution in [0.4, 0.5) is 5.82 Å². The predicted octanol–water partition coefficient (Wildman–Crippen LogP) is 2.19. The highest BCUT2D eigenvalue weighted by atomic mass is 35.5. The summed E-state index contributed by atoms with van der Waals surface area (Å²) in [5.41, 5.74) is 2.63. The minimum atomic E-state index is 0.366. The van der Waals surface area contributed by atoms with Gasteiger partial charge in [-0.1, -0.05) is 0 Å². The number of rotatable bonds is 4. The molecule has 5 heteroatoms. The van der Waals surface area contributed by atoms with Gasteiger partial charge in [-0.25, -0.2) is 9.97 Å². The van der Waals surface area contributed by atoms with Crippen LogP contribution in [-0.4, -0.2) is 41.6 Å². The molecule has 0 saturated carbocycles. The van der Waals surface area contributed by atoms with E-state index in [1.165, 1.54) is 23.5 Å². The van der Waals surface area contributed by atoms with E-state index in [4.69, 9.17) is 16.3 Å². The monoisotopic (exact) mass is 281 g/mol. The van der Waals surface area contributed by atoms with Crippen LogP contribution in [-0.2, 0) is 17.6 Å². The maximum Gasteiger partial charge on any atom is 0.135 e. The molecule has 1 aliphatic carbocycles. The van der Waals surface area contributed by atoms with Crippen LogP contribution in [0.3, 0.4) is 0 Å². The fourth-order valence-electron chi connectivity index (χ4n) is 3.06. The van der Waals surface area contributed by atoms with Gasteiger partial charge in [0, 0.05) is 30.2 Å². The van der Waals surface area contributed by atoms with E-state index >= 15 is 0 Å². The summed E-state index contributed by atoms with van der Waals surface area (Å²) in [5.74, 6) is 1.75. The molecule has 1 saturated heterocycles. The molecular formula is C14H20ClN3O. The molecular weight excluding hydrogens is 262 g/mol. The Labute approximate surface area is 119 Å². The third-order valence-electron chi connectivity index (χ3n) is 4.02. The van der Waals surface area contributed by atoms with Gasteiger partial charge in [0.2, 0.25) is 0 Å². The number of halogens is 1. The number of aromatic nitrogens is 2. The van der Waals surface area contributed by atoms with Crippen molar-refractivity contribution in [2.75, 3.05) is 30.5 Å². The fourth-order valence-corrected chi connectivity index (χ4v) is 3.15. The smallest absolute Gasteiger partial charge is 0.135 e. The summed E-state index contributed by atoms with van der Waals surface area (Å²) >= 11 is 5.66. The zero-order valence-corrected chi connectivity index (χ0v) is 11.9. The molecule has 1 aromatic rings. The van der Waals surface area contributed by atoms with E-state index in [-0.39, 0.29) is 0 Å². The summed E-state index contributed by atoms with van der Waals surface area (Å²) in [6, 6.07) is 0. The predicted molar refractivity (Wildman–Crippen MR) is 76.0 cm³/mol. The number of anilines is 1. The van der Waals surface area contributed by atoms with Crippen LogP contribution in [0.15, 0.2) is 6.33 Å². The molecule has 1 aliphatic heterocycles. The number of ether oxygens (including phenoxy) is 1. The van der Waals surface area contributed by atoms with Gasteiger partial charge >= 0.3 is 0 Å². The number of aryl methyl sites for hydroxylation is 1. The maximum atomic E-state index is 5.72. The van der Waals surface area contributed by atoms with Gasteiger partial charge in [-0.3, -0.25) is 0 Å². The van der Waals surface area contributed by atoms with Crippen LogP contribution in [0, 0.1) is 0 Å². The Balaban J connectivity index is 1.64. The Morgan fingerprint density at radius 2 is 2.11 bits per heavy atom. The molecule has 0 atom stereocenters. The van der Waals surface area contributed by atoms with E-state index in [1.807, 2.05) is 0 Å². The summed E-state index contributed by atoms with van der Waals surface area (Å²) in [6.45, 7) is 2.71. The summed E-state index contributed by atoms with van der Waals surface area (Å²) in [4.78, 5) is 11.3. The summed E-state index contributed by atoms with van der Waals surface area (Å²) in [6.07, 6.45) is 7.68. The number of piperidine rings is 1. The molecule has 104 valence electrons. The van der Waals surface area contributed by atoms with Gasteiger partial charge in [0.25, 0.3) is 0 Å². The van der Waals surface area contributed by atoms with E-state index in [0.29, 0.717) is 18.6 Å². The molecule has 1 aromatic heterocycles. The lowest BCUT2D eigenvalue weighted by Crippen LogP contribution is -2.38. The van der Waals surface area contributed by atoms with Gasteiger partial charge in [0.15, 0.2) is 0 Å². The average molecular weight is 282 g/mol. The van der Waals surface area contributed by atoms with Crippen LogP contribution in [0.25, 0.3) is 0 Å².